The second-order valence-corrected chi connectivity index (χ2v) is 8.10. The molecule has 2 heterocycles. The predicted octanol–water partition coefficient (Wildman–Crippen LogP) is 2.48. The van der Waals surface area contributed by atoms with E-state index in [-0.39, 0.29) is 11.6 Å². The van der Waals surface area contributed by atoms with E-state index in [4.69, 9.17) is 9.47 Å². The summed E-state index contributed by atoms with van der Waals surface area (Å²) in [6.45, 7) is 6.54. The van der Waals surface area contributed by atoms with Crippen LogP contribution in [0, 0.1) is 0 Å². The number of carbonyl (C=O) groups excluding carboxylic acids is 1. The summed E-state index contributed by atoms with van der Waals surface area (Å²) in [4.78, 5) is 20.9. The second-order valence-electron chi connectivity index (χ2n) is 8.10. The van der Waals surface area contributed by atoms with Crippen molar-refractivity contribution in [3.05, 3.63) is 24.0 Å². The van der Waals surface area contributed by atoms with Gasteiger partial charge in [0.05, 0.1) is 12.3 Å². The van der Waals surface area contributed by atoms with Crippen molar-refractivity contribution in [1.29, 1.82) is 0 Å². The average molecular weight is 391 g/mol. The van der Waals surface area contributed by atoms with Crippen molar-refractivity contribution in [2.45, 2.75) is 44.1 Å². The van der Waals surface area contributed by atoms with Gasteiger partial charge in [0.15, 0.2) is 0 Å². The molecule has 1 amide bonds. The molecular weight excluding hydrogens is 356 g/mol. The number of aromatic nitrogens is 1. The summed E-state index contributed by atoms with van der Waals surface area (Å²) in [6.07, 6.45) is 5.99. The molecule has 1 N–H and O–H groups in total. The minimum atomic E-state index is -0.309. The van der Waals surface area contributed by atoms with Gasteiger partial charge in [-0.25, -0.2) is 4.79 Å². The molecule has 7 nitrogen and oxygen atoms in total. The topological polar surface area (TPSA) is 66.9 Å². The fourth-order valence-electron chi connectivity index (χ4n) is 3.96. The third-order valence-corrected chi connectivity index (χ3v) is 5.81. The Hall–Kier alpha value is -1.86. The first-order chi connectivity index (χ1) is 13.5. The standard InChI is InChI=1S/C21H34N4O3/c1-4-27-20(26)23-16-21(9-10-21)25-12-7-17(8-13-25)19-18(6-5-11-22-19)28-15-14-24(2)3/h5-6,11,17H,4,7-10,12-16H2,1-3H3,(H,23,26). The van der Waals surface area contributed by atoms with Crippen LogP contribution in [-0.4, -0.2) is 79.9 Å². The van der Waals surface area contributed by atoms with E-state index >= 15 is 0 Å². The van der Waals surface area contributed by atoms with E-state index in [1.807, 2.05) is 39.3 Å². The maximum Gasteiger partial charge on any atom is 0.407 e. The number of pyridine rings is 1. The van der Waals surface area contributed by atoms with Crippen molar-refractivity contribution in [3.63, 3.8) is 0 Å². The molecule has 0 aromatic carbocycles. The van der Waals surface area contributed by atoms with Crippen LogP contribution in [0.15, 0.2) is 18.3 Å². The third kappa shape index (κ3) is 5.35. The number of hydrogen-bond donors (Lipinski definition) is 1. The van der Waals surface area contributed by atoms with Crippen LogP contribution in [0.5, 0.6) is 5.75 Å². The van der Waals surface area contributed by atoms with Crippen molar-refractivity contribution in [2.75, 3.05) is 53.5 Å². The molecule has 0 unspecified atom stereocenters. The van der Waals surface area contributed by atoms with Crippen LogP contribution < -0.4 is 10.1 Å². The molecule has 1 aromatic heterocycles. The minimum absolute atomic E-state index is 0.132. The average Bonchev–Trinajstić information content (AvgIpc) is 3.48. The fourth-order valence-corrected chi connectivity index (χ4v) is 3.96. The molecule has 28 heavy (non-hydrogen) atoms. The van der Waals surface area contributed by atoms with Gasteiger partial charge in [-0.2, -0.15) is 0 Å². The van der Waals surface area contributed by atoms with E-state index in [2.05, 4.69) is 20.1 Å². The van der Waals surface area contributed by atoms with Gasteiger partial charge in [0.2, 0.25) is 0 Å². The summed E-state index contributed by atoms with van der Waals surface area (Å²) in [7, 11) is 4.10. The lowest BCUT2D eigenvalue weighted by Gasteiger charge is -2.38. The number of nitrogens with one attached hydrogen (secondary N) is 1. The van der Waals surface area contributed by atoms with E-state index < -0.39 is 0 Å². The van der Waals surface area contributed by atoms with Crippen LogP contribution in [0.4, 0.5) is 4.79 Å². The molecule has 0 radical (unpaired) electrons. The van der Waals surface area contributed by atoms with Gasteiger partial charge in [-0.3, -0.25) is 9.88 Å². The van der Waals surface area contributed by atoms with Gasteiger partial charge in [0.25, 0.3) is 0 Å². The van der Waals surface area contributed by atoms with Crippen LogP contribution >= 0.6 is 0 Å². The van der Waals surface area contributed by atoms with Gasteiger partial charge in [0.1, 0.15) is 12.4 Å². The highest BCUT2D eigenvalue weighted by Crippen LogP contribution is 2.44. The quantitative estimate of drug-likeness (QED) is 0.699. The van der Waals surface area contributed by atoms with Crippen LogP contribution in [0.3, 0.4) is 0 Å². The Kier molecular flexibility index (Phi) is 7.13. The number of likely N-dealkylation sites (tertiary alicyclic amines) is 1. The molecule has 0 spiro atoms. The molecule has 2 aliphatic rings. The van der Waals surface area contributed by atoms with Crippen molar-refractivity contribution in [1.82, 2.24) is 20.1 Å². The molecule has 1 aromatic rings. The Balaban J connectivity index is 1.52. The summed E-state index contributed by atoms with van der Waals surface area (Å²) in [5, 5.41) is 2.93. The van der Waals surface area contributed by atoms with Gasteiger partial charge in [-0.05, 0) is 71.9 Å². The van der Waals surface area contributed by atoms with Crippen LogP contribution in [-0.2, 0) is 4.74 Å². The lowest BCUT2D eigenvalue weighted by atomic mass is 9.91. The highest BCUT2D eigenvalue weighted by molar-refractivity contribution is 5.67. The van der Waals surface area contributed by atoms with E-state index in [9.17, 15) is 4.79 Å². The maximum absolute atomic E-state index is 11.6. The van der Waals surface area contributed by atoms with Crippen molar-refractivity contribution >= 4 is 6.09 Å². The summed E-state index contributed by atoms with van der Waals surface area (Å²) in [5.41, 5.74) is 1.22. The van der Waals surface area contributed by atoms with Crippen LogP contribution in [0.1, 0.15) is 44.2 Å². The Morgan fingerprint density at radius 3 is 2.75 bits per heavy atom. The SMILES string of the molecule is CCOC(=O)NCC1(N2CCC(c3ncccc3OCCN(C)C)CC2)CC1. The summed E-state index contributed by atoms with van der Waals surface area (Å²) >= 11 is 0. The zero-order chi connectivity index (χ0) is 20.0. The zero-order valence-corrected chi connectivity index (χ0v) is 17.4. The normalized spacial score (nSPS) is 19.4. The van der Waals surface area contributed by atoms with E-state index in [0.717, 1.165) is 56.8 Å². The number of nitrogens with zero attached hydrogens (tertiary/aromatic N) is 3. The number of ether oxygens (including phenoxy) is 2. The molecule has 1 aliphatic carbocycles. The smallest absolute Gasteiger partial charge is 0.407 e. The molecule has 0 atom stereocenters. The Labute approximate surface area is 168 Å². The van der Waals surface area contributed by atoms with Crippen molar-refractivity contribution in [3.8, 4) is 5.75 Å². The summed E-state index contributed by atoms with van der Waals surface area (Å²) < 4.78 is 11.0. The molecule has 2 fully saturated rings. The number of rotatable bonds is 9. The van der Waals surface area contributed by atoms with Gasteiger partial charge < -0.3 is 19.7 Å². The molecule has 0 bridgehead atoms. The van der Waals surface area contributed by atoms with E-state index in [1.54, 1.807) is 0 Å². The highest BCUT2D eigenvalue weighted by Gasteiger charge is 2.49. The summed E-state index contributed by atoms with van der Waals surface area (Å²) in [5.74, 6) is 1.36. The van der Waals surface area contributed by atoms with Gasteiger partial charge in [0, 0.05) is 30.7 Å². The van der Waals surface area contributed by atoms with Crippen LogP contribution in [0.2, 0.25) is 0 Å². The molecule has 3 rings (SSSR count). The number of piperidine rings is 1. The zero-order valence-electron chi connectivity index (χ0n) is 17.4. The number of likely N-dealkylation sites (N-methyl/N-ethyl adjacent to an activating group) is 1. The minimum Gasteiger partial charge on any atom is -0.490 e. The predicted molar refractivity (Wildman–Crippen MR) is 109 cm³/mol. The molecule has 1 saturated heterocycles. The molecular formula is C21H34N4O3. The largest absolute Gasteiger partial charge is 0.490 e. The first-order valence-corrected chi connectivity index (χ1v) is 10.4. The van der Waals surface area contributed by atoms with Gasteiger partial charge in [-0.15, -0.1) is 0 Å². The van der Waals surface area contributed by atoms with Gasteiger partial charge in [-0.1, -0.05) is 0 Å². The molecule has 156 valence electrons. The summed E-state index contributed by atoms with van der Waals surface area (Å²) in [6, 6.07) is 3.99. The van der Waals surface area contributed by atoms with Crippen molar-refractivity contribution in [2.24, 2.45) is 0 Å². The van der Waals surface area contributed by atoms with Gasteiger partial charge >= 0.3 is 6.09 Å². The number of alkyl carbamates (subject to hydrolysis) is 1. The molecule has 1 aliphatic heterocycles. The second kappa shape index (κ2) is 9.56. The lowest BCUT2D eigenvalue weighted by molar-refractivity contribution is 0.119. The Morgan fingerprint density at radius 2 is 2.11 bits per heavy atom. The molecule has 1 saturated carbocycles. The highest BCUT2D eigenvalue weighted by atomic mass is 16.5. The lowest BCUT2D eigenvalue weighted by Crippen LogP contribution is -2.49. The number of amides is 1. The first-order valence-electron chi connectivity index (χ1n) is 10.4. The monoisotopic (exact) mass is 390 g/mol. The maximum atomic E-state index is 11.6. The fraction of sp³-hybridized carbons (Fsp3) is 0.714. The third-order valence-electron chi connectivity index (χ3n) is 5.81. The van der Waals surface area contributed by atoms with Crippen LogP contribution in [0.25, 0.3) is 0 Å². The van der Waals surface area contributed by atoms with Crippen molar-refractivity contribution < 1.29 is 14.3 Å². The Bertz CT molecular complexity index is 640. The van der Waals surface area contributed by atoms with E-state index in [1.165, 1.54) is 0 Å². The molecule has 7 heteroatoms. The Morgan fingerprint density at radius 1 is 1.36 bits per heavy atom. The number of hydrogen-bond acceptors (Lipinski definition) is 6. The first kappa shape index (κ1) is 20.9. The van der Waals surface area contributed by atoms with E-state index in [0.29, 0.717) is 25.7 Å². The number of carbonyl (C=O) groups is 1.